The molecule has 1 fully saturated rings. The smallest absolute Gasteiger partial charge is 0.213 e. The van der Waals surface area contributed by atoms with E-state index in [1.54, 1.807) is 0 Å². The maximum absolute atomic E-state index is 5.64. The zero-order valence-electron chi connectivity index (χ0n) is 15.3. The van der Waals surface area contributed by atoms with E-state index in [1.165, 1.54) is 0 Å². The number of morpholine rings is 1. The molecule has 0 saturated carbocycles. The van der Waals surface area contributed by atoms with Crippen molar-refractivity contribution in [1.29, 1.82) is 0 Å². The molecule has 0 aliphatic carbocycles. The van der Waals surface area contributed by atoms with E-state index < -0.39 is 0 Å². The van der Waals surface area contributed by atoms with E-state index in [0.717, 1.165) is 54.6 Å². The fourth-order valence-corrected chi connectivity index (χ4v) is 3.26. The second-order valence-electron chi connectivity index (χ2n) is 6.65. The maximum atomic E-state index is 5.64. The molecule has 0 spiro atoms. The second kappa shape index (κ2) is 6.92. The van der Waals surface area contributed by atoms with Crippen molar-refractivity contribution in [3.63, 3.8) is 0 Å². The van der Waals surface area contributed by atoms with Crippen LogP contribution in [-0.2, 0) is 4.74 Å². The molecule has 1 saturated heterocycles. The van der Waals surface area contributed by atoms with E-state index in [1.807, 2.05) is 55.9 Å². The molecular formula is C19H23N5O2. The van der Waals surface area contributed by atoms with E-state index in [4.69, 9.17) is 14.5 Å². The highest BCUT2D eigenvalue weighted by atomic mass is 16.5. The van der Waals surface area contributed by atoms with Crippen LogP contribution in [0.2, 0.25) is 0 Å². The first kappa shape index (κ1) is 16.8. The summed E-state index contributed by atoms with van der Waals surface area (Å²) in [5, 5.41) is 4.54. The highest BCUT2D eigenvalue weighted by Gasteiger charge is 2.19. The van der Waals surface area contributed by atoms with Crippen LogP contribution in [-0.4, -0.2) is 52.0 Å². The molecule has 0 bridgehead atoms. The fraction of sp³-hybridized carbons (Fsp3) is 0.421. The van der Waals surface area contributed by atoms with Gasteiger partial charge in [0.1, 0.15) is 0 Å². The first-order valence-corrected chi connectivity index (χ1v) is 8.93. The Morgan fingerprint density at radius 1 is 1.15 bits per heavy atom. The summed E-state index contributed by atoms with van der Waals surface area (Å²) in [5.74, 6) is 0.622. The number of nitrogens with zero attached hydrogens (tertiary/aromatic N) is 5. The molecule has 0 aromatic carbocycles. The van der Waals surface area contributed by atoms with Gasteiger partial charge in [0, 0.05) is 30.9 Å². The summed E-state index contributed by atoms with van der Waals surface area (Å²) in [6, 6.07) is 5.92. The van der Waals surface area contributed by atoms with Gasteiger partial charge >= 0.3 is 0 Å². The topological polar surface area (TPSA) is 64.8 Å². The van der Waals surface area contributed by atoms with Crippen LogP contribution in [0.4, 0.5) is 5.69 Å². The lowest BCUT2D eigenvalue weighted by atomic mass is 10.2. The van der Waals surface area contributed by atoms with Crippen LogP contribution in [0.1, 0.15) is 19.5 Å². The van der Waals surface area contributed by atoms with Crippen LogP contribution in [0.3, 0.4) is 0 Å². The minimum absolute atomic E-state index is 0.101. The standard InChI is InChI=1S/C19H23N5O2/c1-13(2)26-17-5-4-15(12-20-17)18-14(3)22-19-16(6-7-21-24(18)19)23-8-10-25-11-9-23/h4-7,12-13H,8-11H2,1-3H3. The van der Waals surface area contributed by atoms with Crippen LogP contribution in [0.25, 0.3) is 16.9 Å². The molecule has 136 valence electrons. The summed E-state index contributed by atoms with van der Waals surface area (Å²) in [6.45, 7) is 9.19. The Labute approximate surface area is 152 Å². The lowest BCUT2D eigenvalue weighted by Gasteiger charge is -2.28. The van der Waals surface area contributed by atoms with Gasteiger partial charge in [0.05, 0.1) is 42.6 Å². The van der Waals surface area contributed by atoms with Gasteiger partial charge in [-0.2, -0.15) is 5.10 Å². The van der Waals surface area contributed by atoms with Crippen molar-refractivity contribution in [1.82, 2.24) is 19.6 Å². The molecule has 0 unspecified atom stereocenters. The number of ether oxygens (including phenoxy) is 2. The van der Waals surface area contributed by atoms with Crippen molar-refractivity contribution in [2.45, 2.75) is 26.9 Å². The summed E-state index contributed by atoms with van der Waals surface area (Å²) in [7, 11) is 0. The molecule has 4 heterocycles. The second-order valence-corrected chi connectivity index (χ2v) is 6.65. The van der Waals surface area contributed by atoms with E-state index in [-0.39, 0.29) is 6.10 Å². The number of imidazole rings is 1. The van der Waals surface area contributed by atoms with Crippen molar-refractivity contribution in [3.8, 4) is 17.1 Å². The average molecular weight is 353 g/mol. The van der Waals surface area contributed by atoms with Gasteiger partial charge in [0.2, 0.25) is 5.88 Å². The zero-order valence-corrected chi connectivity index (χ0v) is 15.3. The number of hydrogen-bond acceptors (Lipinski definition) is 6. The fourth-order valence-electron chi connectivity index (χ4n) is 3.26. The summed E-state index contributed by atoms with van der Waals surface area (Å²) in [6.07, 6.45) is 3.74. The van der Waals surface area contributed by atoms with Crippen LogP contribution >= 0.6 is 0 Å². The van der Waals surface area contributed by atoms with Gasteiger partial charge in [0.25, 0.3) is 0 Å². The highest BCUT2D eigenvalue weighted by molar-refractivity contribution is 5.75. The molecule has 4 rings (SSSR count). The van der Waals surface area contributed by atoms with Gasteiger partial charge < -0.3 is 14.4 Å². The zero-order chi connectivity index (χ0) is 18.1. The van der Waals surface area contributed by atoms with Crippen LogP contribution in [0.15, 0.2) is 30.6 Å². The largest absolute Gasteiger partial charge is 0.475 e. The first-order valence-electron chi connectivity index (χ1n) is 8.93. The Kier molecular flexibility index (Phi) is 4.46. The molecule has 3 aromatic rings. The van der Waals surface area contributed by atoms with Crippen molar-refractivity contribution in [2.24, 2.45) is 0 Å². The molecule has 1 aliphatic rings. The molecule has 1 aliphatic heterocycles. The van der Waals surface area contributed by atoms with Crippen molar-refractivity contribution in [3.05, 3.63) is 36.3 Å². The molecule has 7 nitrogen and oxygen atoms in total. The summed E-state index contributed by atoms with van der Waals surface area (Å²) < 4.78 is 13.0. The third-order valence-corrected chi connectivity index (χ3v) is 4.39. The van der Waals surface area contributed by atoms with Gasteiger partial charge in [-0.3, -0.25) is 0 Å². The molecule has 0 radical (unpaired) electrons. The summed E-state index contributed by atoms with van der Waals surface area (Å²) in [5.41, 5.74) is 4.81. The first-order chi connectivity index (χ1) is 12.6. The predicted molar refractivity (Wildman–Crippen MR) is 99.8 cm³/mol. The molecule has 7 heteroatoms. The van der Waals surface area contributed by atoms with Gasteiger partial charge in [-0.15, -0.1) is 0 Å². The molecule has 3 aromatic heterocycles. The van der Waals surface area contributed by atoms with Gasteiger partial charge in [0.15, 0.2) is 5.65 Å². The Morgan fingerprint density at radius 2 is 1.96 bits per heavy atom. The number of aromatic nitrogens is 4. The van der Waals surface area contributed by atoms with E-state index >= 15 is 0 Å². The number of hydrogen-bond donors (Lipinski definition) is 0. The number of pyridine rings is 1. The Balaban J connectivity index is 1.75. The van der Waals surface area contributed by atoms with E-state index in [2.05, 4.69) is 15.0 Å². The number of fused-ring (bicyclic) bond motifs is 1. The lowest BCUT2D eigenvalue weighted by molar-refractivity contribution is 0.123. The molecule has 0 N–H and O–H groups in total. The third kappa shape index (κ3) is 3.10. The minimum Gasteiger partial charge on any atom is -0.475 e. The quantitative estimate of drug-likeness (QED) is 0.719. The molecular weight excluding hydrogens is 330 g/mol. The van der Waals surface area contributed by atoms with E-state index in [0.29, 0.717) is 5.88 Å². The average Bonchev–Trinajstić information content (AvgIpc) is 2.98. The Morgan fingerprint density at radius 3 is 2.65 bits per heavy atom. The van der Waals surface area contributed by atoms with Gasteiger partial charge in [-0.25, -0.2) is 14.5 Å². The van der Waals surface area contributed by atoms with E-state index in [9.17, 15) is 0 Å². The lowest BCUT2D eigenvalue weighted by Crippen LogP contribution is -2.36. The predicted octanol–water partition coefficient (Wildman–Crippen LogP) is 2.72. The van der Waals surface area contributed by atoms with Crippen LogP contribution in [0.5, 0.6) is 5.88 Å². The van der Waals surface area contributed by atoms with Crippen molar-refractivity contribution in [2.75, 3.05) is 31.2 Å². The Hall–Kier alpha value is -2.67. The molecule has 0 atom stereocenters. The normalized spacial score (nSPS) is 15.0. The summed E-state index contributed by atoms with van der Waals surface area (Å²) >= 11 is 0. The summed E-state index contributed by atoms with van der Waals surface area (Å²) in [4.78, 5) is 11.5. The van der Waals surface area contributed by atoms with Crippen LogP contribution in [0, 0.1) is 6.92 Å². The Bertz CT molecular complexity index is 898. The number of aryl methyl sites for hydroxylation is 1. The van der Waals surface area contributed by atoms with Gasteiger partial charge in [-0.1, -0.05) is 0 Å². The maximum Gasteiger partial charge on any atom is 0.213 e. The molecule has 26 heavy (non-hydrogen) atoms. The van der Waals surface area contributed by atoms with Crippen molar-refractivity contribution < 1.29 is 9.47 Å². The SMILES string of the molecule is Cc1nc2c(N3CCOCC3)ccnn2c1-c1ccc(OC(C)C)nc1. The minimum atomic E-state index is 0.101. The van der Waals surface area contributed by atoms with Gasteiger partial charge in [-0.05, 0) is 32.9 Å². The third-order valence-electron chi connectivity index (χ3n) is 4.39. The number of rotatable bonds is 4. The molecule has 0 amide bonds. The monoisotopic (exact) mass is 353 g/mol. The highest BCUT2D eigenvalue weighted by Crippen LogP contribution is 2.29. The van der Waals surface area contributed by atoms with Crippen molar-refractivity contribution >= 4 is 11.3 Å². The number of anilines is 1. The van der Waals surface area contributed by atoms with Crippen LogP contribution < -0.4 is 9.64 Å².